The van der Waals surface area contributed by atoms with Crippen LogP contribution in [0.25, 0.3) is 0 Å². The summed E-state index contributed by atoms with van der Waals surface area (Å²) in [7, 11) is -3.17. The van der Waals surface area contributed by atoms with Gasteiger partial charge in [0.2, 0.25) is 0 Å². The molecule has 132 valence electrons. The summed E-state index contributed by atoms with van der Waals surface area (Å²) in [5, 5.41) is 10.6. The number of methoxy groups -OCH3 is 1. The SMILES string of the molecule is COC(=O)[C@@H](Cc1ccccc1)OS(=O)(=O)c1ccc([N+](=O)[O-])cc1. The molecule has 0 spiro atoms. The van der Waals surface area contributed by atoms with Crippen LogP contribution in [0.4, 0.5) is 5.69 Å². The van der Waals surface area contributed by atoms with Gasteiger partial charge < -0.3 is 4.74 Å². The molecule has 2 aromatic carbocycles. The number of carbonyl (C=O) groups is 1. The third kappa shape index (κ3) is 4.85. The van der Waals surface area contributed by atoms with Gasteiger partial charge in [-0.15, -0.1) is 0 Å². The molecule has 0 amide bonds. The molecule has 0 heterocycles. The minimum absolute atomic E-state index is 0.000273. The van der Waals surface area contributed by atoms with Crippen molar-refractivity contribution in [1.29, 1.82) is 0 Å². The Balaban J connectivity index is 2.24. The Morgan fingerprint density at radius 2 is 1.72 bits per heavy atom. The maximum absolute atomic E-state index is 12.3. The van der Waals surface area contributed by atoms with Gasteiger partial charge in [-0.05, 0) is 17.7 Å². The van der Waals surface area contributed by atoms with E-state index >= 15 is 0 Å². The highest BCUT2D eigenvalue weighted by Gasteiger charge is 2.29. The van der Waals surface area contributed by atoms with E-state index in [1.165, 1.54) is 0 Å². The number of rotatable bonds is 7. The number of ether oxygens (including phenoxy) is 1. The maximum Gasteiger partial charge on any atom is 0.336 e. The van der Waals surface area contributed by atoms with Crippen LogP contribution in [0, 0.1) is 10.1 Å². The largest absolute Gasteiger partial charge is 0.467 e. The van der Waals surface area contributed by atoms with Gasteiger partial charge in [-0.3, -0.25) is 14.3 Å². The molecular formula is C16H15NO7S. The standard InChI is InChI=1S/C16H15NO7S/c1-23-16(18)15(11-12-5-3-2-4-6-12)24-25(21,22)14-9-7-13(8-10-14)17(19)20/h2-10,15H,11H2,1H3/t15-/m1/s1. The van der Waals surface area contributed by atoms with Gasteiger partial charge in [0.1, 0.15) is 0 Å². The van der Waals surface area contributed by atoms with Crippen molar-refractivity contribution < 1.29 is 27.1 Å². The molecule has 0 aliphatic carbocycles. The highest BCUT2D eigenvalue weighted by Crippen LogP contribution is 2.20. The lowest BCUT2D eigenvalue weighted by molar-refractivity contribution is -0.384. The van der Waals surface area contributed by atoms with Gasteiger partial charge in [-0.25, -0.2) is 4.79 Å². The summed E-state index contributed by atoms with van der Waals surface area (Å²) in [4.78, 5) is 21.6. The van der Waals surface area contributed by atoms with Crippen LogP contribution in [0.5, 0.6) is 0 Å². The highest BCUT2D eigenvalue weighted by atomic mass is 32.2. The smallest absolute Gasteiger partial charge is 0.336 e. The Labute approximate surface area is 144 Å². The average molecular weight is 365 g/mol. The molecule has 9 heteroatoms. The molecule has 25 heavy (non-hydrogen) atoms. The van der Waals surface area contributed by atoms with Crippen molar-refractivity contribution >= 4 is 21.8 Å². The summed E-state index contributed by atoms with van der Waals surface area (Å²) in [5.41, 5.74) is 0.435. The lowest BCUT2D eigenvalue weighted by atomic mass is 10.1. The summed E-state index contributed by atoms with van der Waals surface area (Å²) >= 11 is 0. The number of benzene rings is 2. The maximum atomic E-state index is 12.3. The number of carbonyl (C=O) groups excluding carboxylic acids is 1. The molecule has 2 aromatic rings. The minimum atomic E-state index is -4.30. The summed E-state index contributed by atoms with van der Waals surface area (Å²) in [6.45, 7) is 0. The van der Waals surface area contributed by atoms with E-state index in [2.05, 4.69) is 4.74 Å². The van der Waals surface area contributed by atoms with E-state index in [9.17, 15) is 23.3 Å². The lowest BCUT2D eigenvalue weighted by Gasteiger charge is -2.15. The summed E-state index contributed by atoms with van der Waals surface area (Å²) < 4.78 is 34.3. The Bertz CT molecular complexity index is 848. The molecule has 2 rings (SSSR count). The van der Waals surface area contributed by atoms with E-state index in [1.54, 1.807) is 30.3 Å². The van der Waals surface area contributed by atoms with Crippen LogP contribution in [-0.2, 0) is 30.3 Å². The van der Waals surface area contributed by atoms with Gasteiger partial charge in [-0.1, -0.05) is 30.3 Å². The van der Waals surface area contributed by atoms with Crippen molar-refractivity contribution in [2.45, 2.75) is 17.4 Å². The molecule has 0 radical (unpaired) electrons. The molecule has 0 aliphatic heterocycles. The first-order valence-electron chi connectivity index (χ1n) is 7.13. The van der Waals surface area contributed by atoms with Gasteiger partial charge in [0, 0.05) is 18.6 Å². The van der Waals surface area contributed by atoms with Crippen molar-refractivity contribution in [3.05, 3.63) is 70.3 Å². The third-order valence-corrected chi connectivity index (χ3v) is 4.64. The second kappa shape index (κ2) is 7.86. The number of nitro benzene ring substituents is 1. The average Bonchev–Trinajstić information content (AvgIpc) is 2.61. The fourth-order valence-corrected chi connectivity index (χ4v) is 3.09. The van der Waals surface area contributed by atoms with Gasteiger partial charge in [-0.2, -0.15) is 8.42 Å². The van der Waals surface area contributed by atoms with E-state index in [0.29, 0.717) is 5.56 Å². The number of esters is 1. The molecule has 0 saturated heterocycles. The Kier molecular flexibility index (Phi) is 5.84. The van der Waals surface area contributed by atoms with Crippen molar-refractivity contribution in [2.75, 3.05) is 7.11 Å². The number of hydrogen-bond acceptors (Lipinski definition) is 7. The molecular weight excluding hydrogens is 350 g/mol. The first kappa shape index (κ1) is 18.6. The zero-order chi connectivity index (χ0) is 18.4. The predicted molar refractivity (Wildman–Crippen MR) is 87.3 cm³/mol. The highest BCUT2D eigenvalue weighted by molar-refractivity contribution is 7.86. The first-order valence-corrected chi connectivity index (χ1v) is 8.54. The van der Waals surface area contributed by atoms with Crippen LogP contribution in [0.15, 0.2) is 59.5 Å². The Morgan fingerprint density at radius 3 is 2.24 bits per heavy atom. The van der Waals surface area contributed by atoms with Crippen molar-refractivity contribution in [3.63, 3.8) is 0 Å². The van der Waals surface area contributed by atoms with E-state index in [-0.39, 0.29) is 17.0 Å². The summed E-state index contributed by atoms with van der Waals surface area (Å²) in [6, 6.07) is 12.9. The van der Waals surface area contributed by atoms with Crippen LogP contribution < -0.4 is 0 Å². The van der Waals surface area contributed by atoms with Crippen LogP contribution in [0.3, 0.4) is 0 Å². The molecule has 0 aliphatic rings. The topological polar surface area (TPSA) is 113 Å². The molecule has 0 fully saturated rings. The Morgan fingerprint density at radius 1 is 1.12 bits per heavy atom. The van der Waals surface area contributed by atoms with E-state index in [1.807, 2.05) is 0 Å². The van der Waals surface area contributed by atoms with Gasteiger partial charge in [0.05, 0.1) is 16.9 Å². The molecule has 0 bridgehead atoms. The van der Waals surface area contributed by atoms with Crippen molar-refractivity contribution in [1.82, 2.24) is 0 Å². The quantitative estimate of drug-likeness (QED) is 0.319. The van der Waals surface area contributed by atoms with Crippen molar-refractivity contribution in [2.24, 2.45) is 0 Å². The first-order chi connectivity index (χ1) is 11.8. The molecule has 8 nitrogen and oxygen atoms in total. The van der Waals surface area contributed by atoms with Gasteiger partial charge >= 0.3 is 5.97 Å². The normalized spacial score (nSPS) is 12.4. The molecule has 1 atom stereocenters. The van der Waals surface area contributed by atoms with E-state index < -0.39 is 27.1 Å². The molecule has 0 aromatic heterocycles. The summed E-state index contributed by atoms with van der Waals surface area (Å²) in [5.74, 6) is -0.839. The van der Waals surface area contributed by atoms with Gasteiger partial charge in [0.25, 0.3) is 15.8 Å². The number of hydrogen-bond donors (Lipinski definition) is 0. The van der Waals surface area contributed by atoms with Crippen LogP contribution in [-0.4, -0.2) is 32.5 Å². The van der Waals surface area contributed by atoms with Crippen LogP contribution >= 0.6 is 0 Å². The van der Waals surface area contributed by atoms with Gasteiger partial charge in [0.15, 0.2) is 6.10 Å². The second-order valence-electron chi connectivity index (χ2n) is 5.00. The fourth-order valence-electron chi connectivity index (χ4n) is 2.06. The fraction of sp³-hybridized carbons (Fsp3) is 0.188. The van der Waals surface area contributed by atoms with Crippen LogP contribution in [0.1, 0.15) is 5.56 Å². The lowest BCUT2D eigenvalue weighted by Crippen LogP contribution is -2.30. The molecule has 0 unspecified atom stereocenters. The van der Waals surface area contributed by atoms with E-state index in [0.717, 1.165) is 31.4 Å². The molecule has 0 N–H and O–H groups in total. The predicted octanol–water partition coefficient (Wildman–Crippen LogP) is 2.08. The Hall–Kier alpha value is -2.78. The number of nitrogens with zero attached hydrogens (tertiary/aromatic N) is 1. The number of non-ortho nitro benzene ring substituents is 1. The van der Waals surface area contributed by atoms with Crippen LogP contribution in [0.2, 0.25) is 0 Å². The third-order valence-electron chi connectivity index (χ3n) is 3.31. The summed E-state index contributed by atoms with van der Waals surface area (Å²) in [6.07, 6.45) is -1.37. The minimum Gasteiger partial charge on any atom is -0.467 e. The van der Waals surface area contributed by atoms with Crippen molar-refractivity contribution in [3.8, 4) is 0 Å². The number of nitro groups is 1. The second-order valence-corrected chi connectivity index (χ2v) is 6.57. The zero-order valence-corrected chi connectivity index (χ0v) is 14.0. The molecule has 0 saturated carbocycles. The zero-order valence-electron chi connectivity index (χ0n) is 13.2. The monoisotopic (exact) mass is 365 g/mol. The van der Waals surface area contributed by atoms with E-state index in [4.69, 9.17) is 4.18 Å².